The Morgan fingerprint density at radius 1 is 0.733 bits per heavy atom. The lowest BCUT2D eigenvalue weighted by molar-refractivity contribution is -0.118. The summed E-state index contributed by atoms with van der Waals surface area (Å²) in [5.74, 6) is -0.546. The number of carbonyl (C=O) groups excluding carboxylic acids is 2. The van der Waals surface area contributed by atoms with Gasteiger partial charge in [0.25, 0.3) is 11.8 Å². The van der Waals surface area contributed by atoms with Gasteiger partial charge in [-0.25, -0.2) is 0 Å². The van der Waals surface area contributed by atoms with Gasteiger partial charge in [0, 0.05) is 17.4 Å². The number of hydrogen-bond acceptors (Lipinski definition) is 3. The number of hydrogen-bond donors (Lipinski definition) is 2. The number of rotatable bonds is 6. The number of nitrogens with one attached hydrogen (secondary N) is 2. The monoisotopic (exact) mass is 482 g/mol. The van der Waals surface area contributed by atoms with Gasteiger partial charge in [0.15, 0.2) is 6.61 Å². The summed E-state index contributed by atoms with van der Waals surface area (Å²) in [6.07, 6.45) is 0. The number of ether oxygens (including phenoxy) is 1. The molecular weight excluding hydrogens is 470 g/mol. The van der Waals surface area contributed by atoms with E-state index in [1.807, 2.05) is 0 Å². The van der Waals surface area contributed by atoms with Crippen molar-refractivity contribution in [3.63, 3.8) is 0 Å². The maximum Gasteiger partial charge on any atom is 0.262 e. The molecule has 0 unspecified atom stereocenters. The Morgan fingerprint density at radius 3 is 2.13 bits per heavy atom. The molecule has 0 saturated heterocycles. The number of benzene rings is 3. The van der Waals surface area contributed by atoms with Crippen LogP contribution in [0.25, 0.3) is 0 Å². The zero-order valence-corrected chi connectivity index (χ0v) is 18.2. The normalized spacial score (nSPS) is 10.4. The number of halogens is 4. The van der Waals surface area contributed by atoms with Gasteiger partial charge in [-0.15, -0.1) is 0 Å². The fraction of sp³-hybridized carbons (Fsp3) is 0.0476. The second-order valence-corrected chi connectivity index (χ2v) is 7.68. The fourth-order valence-electron chi connectivity index (χ4n) is 2.47. The van der Waals surface area contributed by atoms with Crippen molar-refractivity contribution < 1.29 is 14.3 Å². The zero-order chi connectivity index (χ0) is 21.7. The van der Waals surface area contributed by atoms with Crippen molar-refractivity contribution in [2.45, 2.75) is 0 Å². The summed E-state index contributed by atoms with van der Waals surface area (Å²) in [5.41, 5.74) is 1.31. The smallest absolute Gasteiger partial charge is 0.262 e. The van der Waals surface area contributed by atoms with Crippen molar-refractivity contribution in [2.75, 3.05) is 17.2 Å². The molecule has 0 aromatic heterocycles. The predicted molar refractivity (Wildman–Crippen MR) is 121 cm³/mol. The molecule has 0 aliphatic carbocycles. The Labute approximate surface area is 192 Å². The third-order valence-corrected chi connectivity index (χ3v) is 5.20. The van der Waals surface area contributed by atoms with E-state index in [4.69, 9.17) is 51.1 Å². The van der Waals surface area contributed by atoms with Crippen LogP contribution in [0.2, 0.25) is 20.1 Å². The topological polar surface area (TPSA) is 67.4 Å². The minimum atomic E-state index is -0.424. The lowest BCUT2D eigenvalue weighted by atomic mass is 10.2. The van der Waals surface area contributed by atoms with E-state index >= 15 is 0 Å². The molecule has 0 bridgehead atoms. The summed E-state index contributed by atoms with van der Waals surface area (Å²) in [5, 5.41) is 6.55. The van der Waals surface area contributed by atoms with Crippen LogP contribution < -0.4 is 15.4 Å². The maximum atomic E-state index is 12.4. The zero-order valence-electron chi connectivity index (χ0n) is 15.2. The molecule has 154 valence electrons. The molecule has 0 saturated carbocycles. The Bertz CT molecular complexity index is 1110. The summed E-state index contributed by atoms with van der Waals surface area (Å²) >= 11 is 23.9. The summed E-state index contributed by atoms with van der Waals surface area (Å²) in [7, 11) is 0. The van der Waals surface area contributed by atoms with Gasteiger partial charge < -0.3 is 15.4 Å². The summed E-state index contributed by atoms with van der Waals surface area (Å²) in [6.45, 7) is -0.298. The van der Waals surface area contributed by atoms with Crippen molar-refractivity contribution >= 4 is 69.6 Å². The van der Waals surface area contributed by atoms with E-state index < -0.39 is 5.91 Å². The molecule has 3 aromatic carbocycles. The summed E-state index contributed by atoms with van der Waals surface area (Å²) in [6, 6.07) is 16.2. The third-order valence-electron chi connectivity index (χ3n) is 3.86. The molecule has 0 aliphatic heterocycles. The standard InChI is InChI=1S/C21H14Cl4N2O3/c22-15-7-2-1-6-14(15)21(29)27-13-5-3-4-12(8-13)26-20(28)11-30-19-10-17(24)16(23)9-18(19)25/h1-10H,11H2,(H,26,28)(H,27,29). The molecule has 0 fully saturated rings. The van der Waals surface area contributed by atoms with Crippen LogP contribution in [0.15, 0.2) is 60.7 Å². The van der Waals surface area contributed by atoms with Crippen molar-refractivity contribution in [3.05, 3.63) is 86.3 Å². The molecular formula is C21H14Cl4N2O3. The molecule has 5 nitrogen and oxygen atoms in total. The first-order valence-electron chi connectivity index (χ1n) is 8.56. The van der Waals surface area contributed by atoms with E-state index in [0.29, 0.717) is 22.0 Å². The number of anilines is 2. The molecule has 30 heavy (non-hydrogen) atoms. The van der Waals surface area contributed by atoms with E-state index in [2.05, 4.69) is 10.6 Å². The number of amides is 2. The van der Waals surface area contributed by atoms with Gasteiger partial charge in [-0.2, -0.15) is 0 Å². The van der Waals surface area contributed by atoms with Crippen LogP contribution >= 0.6 is 46.4 Å². The van der Waals surface area contributed by atoms with E-state index in [-0.39, 0.29) is 33.3 Å². The Balaban J connectivity index is 1.61. The van der Waals surface area contributed by atoms with Gasteiger partial charge in [0.1, 0.15) is 5.75 Å². The minimum absolute atomic E-state index is 0.237. The molecule has 2 N–H and O–H groups in total. The third kappa shape index (κ3) is 5.80. The lowest BCUT2D eigenvalue weighted by Crippen LogP contribution is -2.20. The van der Waals surface area contributed by atoms with Gasteiger partial charge in [-0.3, -0.25) is 9.59 Å². The first-order valence-corrected chi connectivity index (χ1v) is 10.1. The second-order valence-electron chi connectivity index (χ2n) is 6.05. The SMILES string of the molecule is O=C(COc1cc(Cl)c(Cl)cc1Cl)Nc1cccc(NC(=O)c2ccccc2Cl)c1. The van der Waals surface area contributed by atoms with E-state index in [0.717, 1.165) is 0 Å². The average molecular weight is 484 g/mol. The molecule has 0 spiro atoms. The van der Waals surface area contributed by atoms with Gasteiger partial charge in [0.05, 0.1) is 25.7 Å². The van der Waals surface area contributed by atoms with E-state index in [1.165, 1.54) is 12.1 Å². The number of carbonyl (C=O) groups is 2. The maximum absolute atomic E-state index is 12.4. The highest BCUT2D eigenvalue weighted by molar-refractivity contribution is 6.43. The van der Waals surface area contributed by atoms with E-state index in [9.17, 15) is 9.59 Å². The fourth-order valence-corrected chi connectivity index (χ4v) is 3.29. The summed E-state index contributed by atoms with van der Waals surface area (Å²) < 4.78 is 5.40. The van der Waals surface area contributed by atoms with Crippen LogP contribution in [0.1, 0.15) is 10.4 Å². The Morgan fingerprint density at radius 2 is 1.40 bits per heavy atom. The van der Waals surface area contributed by atoms with E-state index in [1.54, 1.807) is 48.5 Å². The predicted octanol–water partition coefficient (Wildman–Crippen LogP) is 6.57. The highest BCUT2D eigenvalue weighted by atomic mass is 35.5. The van der Waals surface area contributed by atoms with Crippen molar-refractivity contribution in [1.29, 1.82) is 0 Å². The largest absolute Gasteiger partial charge is 0.482 e. The lowest BCUT2D eigenvalue weighted by Gasteiger charge is -2.11. The van der Waals surface area contributed by atoms with Crippen molar-refractivity contribution in [3.8, 4) is 5.75 Å². The average Bonchev–Trinajstić information content (AvgIpc) is 2.70. The van der Waals surface area contributed by atoms with Crippen LogP contribution in [0.3, 0.4) is 0 Å². The second kappa shape index (κ2) is 10.0. The van der Waals surface area contributed by atoms with Gasteiger partial charge in [0.2, 0.25) is 0 Å². The van der Waals surface area contributed by atoms with Crippen molar-refractivity contribution in [1.82, 2.24) is 0 Å². The molecule has 3 rings (SSSR count). The van der Waals surface area contributed by atoms with Gasteiger partial charge in [-0.05, 0) is 36.4 Å². The first kappa shape index (κ1) is 22.2. The molecule has 0 aliphatic rings. The molecule has 3 aromatic rings. The molecule has 9 heteroatoms. The minimum Gasteiger partial charge on any atom is -0.482 e. The summed E-state index contributed by atoms with van der Waals surface area (Å²) in [4.78, 5) is 24.6. The van der Waals surface area contributed by atoms with Gasteiger partial charge >= 0.3 is 0 Å². The van der Waals surface area contributed by atoms with Crippen LogP contribution in [0.4, 0.5) is 11.4 Å². The van der Waals surface area contributed by atoms with Gasteiger partial charge in [-0.1, -0.05) is 64.6 Å². The molecule has 0 heterocycles. The van der Waals surface area contributed by atoms with Crippen molar-refractivity contribution in [2.24, 2.45) is 0 Å². The van der Waals surface area contributed by atoms with Crippen LogP contribution in [0, 0.1) is 0 Å². The highest BCUT2D eigenvalue weighted by Crippen LogP contribution is 2.33. The Hall–Kier alpha value is -2.44. The highest BCUT2D eigenvalue weighted by Gasteiger charge is 2.12. The quantitative estimate of drug-likeness (QED) is 0.389. The molecule has 2 amide bonds. The molecule has 0 radical (unpaired) electrons. The van der Waals surface area contributed by atoms with Crippen LogP contribution in [-0.4, -0.2) is 18.4 Å². The molecule has 0 atom stereocenters. The van der Waals surface area contributed by atoms with Crippen LogP contribution in [-0.2, 0) is 4.79 Å². The van der Waals surface area contributed by atoms with Crippen LogP contribution in [0.5, 0.6) is 5.75 Å². The Kier molecular flexibility index (Phi) is 7.45. The first-order chi connectivity index (χ1) is 14.3.